The van der Waals surface area contributed by atoms with Crippen LogP contribution in [0.1, 0.15) is 21.6 Å². The number of benzene rings is 1. The molecular weight excluding hydrogens is 344 g/mol. The number of pyridine rings is 1. The Bertz CT molecular complexity index is 1160. The lowest BCUT2D eigenvalue weighted by molar-refractivity contribution is 0.0467. The Morgan fingerprint density at radius 3 is 2.70 bits per heavy atom. The minimum Gasteiger partial charge on any atom is -0.456 e. The maximum Gasteiger partial charge on any atom is 0.338 e. The SMILES string of the molecule is Cc1ccc2nc(COC(=O)c3ccc(-n4cccn4)cc3)cc(=O)n2c1. The van der Waals surface area contributed by atoms with Gasteiger partial charge in [0.2, 0.25) is 0 Å². The first-order chi connectivity index (χ1) is 13.1. The Kier molecular flexibility index (Phi) is 4.25. The van der Waals surface area contributed by atoms with Gasteiger partial charge in [-0.3, -0.25) is 9.20 Å². The molecule has 0 fully saturated rings. The molecule has 3 heterocycles. The van der Waals surface area contributed by atoms with Gasteiger partial charge in [-0.1, -0.05) is 6.07 Å². The van der Waals surface area contributed by atoms with E-state index in [0.29, 0.717) is 16.9 Å². The van der Waals surface area contributed by atoms with Crippen LogP contribution < -0.4 is 5.56 Å². The van der Waals surface area contributed by atoms with Gasteiger partial charge < -0.3 is 4.74 Å². The smallest absolute Gasteiger partial charge is 0.338 e. The number of rotatable bonds is 4. The van der Waals surface area contributed by atoms with Crippen LogP contribution >= 0.6 is 0 Å². The van der Waals surface area contributed by atoms with Gasteiger partial charge in [0.25, 0.3) is 5.56 Å². The number of esters is 1. The second-order valence-electron chi connectivity index (χ2n) is 6.09. The summed E-state index contributed by atoms with van der Waals surface area (Å²) < 4.78 is 8.46. The summed E-state index contributed by atoms with van der Waals surface area (Å²) in [5, 5.41) is 4.14. The summed E-state index contributed by atoms with van der Waals surface area (Å²) in [7, 11) is 0. The van der Waals surface area contributed by atoms with Crippen molar-refractivity contribution in [2.24, 2.45) is 0 Å². The molecule has 3 aromatic heterocycles. The second kappa shape index (κ2) is 6.87. The zero-order chi connectivity index (χ0) is 18.8. The third-order valence-corrected chi connectivity index (χ3v) is 4.08. The lowest BCUT2D eigenvalue weighted by Gasteiger charge is -2.07. The number of aryl methyl sites for hydroxylation is 1. The average Bonchev–Trinajstić information content (AvgIpc) is 3.22. The highest BCUT2D eigenvalue weighted by atomic mass is 16.5. The van der Waals surface area contributed by atoms with Gasteiger partial charge in [0.15, 0.2) is 0 Å². The van der Waals surface area contributed by atoms with E-state index in [1.807, 2.05) is 25.3 Å². The zero-order valence-corrected chi connectivity index (χ0v) is 14.6. The molecule has 1 aromatic carbocycles. The average molecular weight is 360 g/mol. The molecule has 0 bridgehead atoms. The van der Waals surface area contributed by atoms with E-state index in [4.69, 9.17) is 4.74 Å². The van der Waals surface area contributed by atoms with Gasteiger partial charge in [0.05, 0.1) is 16.9 Å². The minimum atomic E-state index is -0.479. The number of hydrogen-bond acceptors (Lipinski definition) is 5. The molecule has 134 valence electrons. The van der Waals surface area contributed by atoms with Crippen molar-refractivity contribution in [1.29, 1.82) is 0 Å². The number of aromatic nitrogens is 4. The van der Waals surface area contributed by atoms with Gasteiger partial charge in [-0.25, -0.2) is 14.5 Å². The van der Waals surface area contributed by atoms with E-state index in [1.165, 1.54) is 10.5 Å². The van der Waals surface area contributed by atoms with Gasteiger partial charge >= 0.3 is 5.97 Å². The number of ether oxygens (including phenoxy) is 1. The maximum absolute atomic E-state index is 12.3. The number of nitrogens with zero attached hydrogens (tertiary/aromatic N) is 4. The fourth-order valence-electron chi connectivity index (χ4n) is 2.73. The van der Waals surface area contributed by atoms with Crippen molar-refractivity contribution < 1.29 is 9.53 Å². The topological polar surface area (TPSA) is 78.5 Å². The van der Waals surface area contributed by atoms with Crippen LogP contribution in [0.25, 0.3) is 11.3 Å². The molecule has 0 saturated heterocycles. The van der Waals surface area contributed by atoms with E-state index in [9.17, 15) is 9.59 Å². The fourth-order valence-corrected chi connectivity index (χ4v) is 2.73. The standard InChI is InChI=1S/C20H16N4O3/c1-14-3-8-18-22-16(11-19(25)23(18)12-14)13-27-20(26)15-4-6-17(7-5-15)24-10-2-9-21-24/h2-12H,13H2,1H3. The number of fused-ring (bicyclic) bond motifs is 1. The van der Waals surface area contributed by atoms with Crippen LogP contribution in [0.5, 0.6) is 0 Å². The van der Waals surface area contributed by atoms with Crippen LogP contribution in [0.4, 0.5) is 0 Å². The first kappa shape index (κ1) is 16.7. The Balaban J connectivity index is 1.48. The van der Waals surface area contributed by atoms with Crippen molar-refractivity contribution in [3.63, 3.8) is 0 Å². The van der Waals surface area contributed by atoms with Crippen molar-refractivity contribution in [2.45, 2.75) is 13.5 Å². The molecule has 4 aromatic rings. The molecule has 0 spiro atoms. The Morgan fingerprint density at radius 1 is 1.15 bits per heavy atom. The van der Waals surface area contributed by atoms with Crippen LogP contribution in [-0.2, 0) is 11.3 Å². The zero-order valence-electron chi connectivity index (χ0n) is 14.6. The Labute approximate surface area is 154 Å². The molecule has 0 radical (unpaired) electrons. The molecule has 0 aliphatic heterocycles. The van der Waals surface area contributed by atoms with Crippen molar-refractivity contribution >= 4 is 11.6 Å². The van der Waals surface area contributed by atoms with Crippen molar-refractivity contribution in [1.82, 2.24) is 19.2 Å². The Morgan fingerprint density at radius 2 is 1.96 bits per heavy atom. The number of carbonyl (C=O) groups is 1. The number of carbonyl (C=O) groups excluding carboxylic acids is 1. The highest BCUT2D eigenvalue weighted by Gasteiger charge is 2.10. The summed E-state index contributed by atoms with van der Waals surface area (Å²) >= 11 is 0. The quantitative estimate of drug-likeness (QED) is 0.523. The fraction of sp³-hybridized carbons (Fsp3) is 0.100. The largest absolute Gasteiger partial charge is 0.456 e. The van der Waals surface area contributed by atoms with Crippen molar-refractivity contribution in [2.75, 3.05) is 0 Å². The lowest BCUT2D eigenvalue weighted by atomic mass is 10.2. The molecule has 0 saturated carbocycles. The van der Waals surface area contributed by atoms with E-state index >= 15 is 0 Å². The monoisotopic (exact) mass is 360 g/mol. The van der Waals surface area contributed by atoms with Crippen molar-refractivity contribution in [3.8, 4) is 5.69 Å². The van der Waals surface area contributed by atoms with E-state index in [2.05, 4.69) is 10.1 Å². The first-order valence-electron chi connectivity index (χ1n) is 8.36. The molecule has 0 aliphatic carbocycles. The third kappa shape index (κ3) is 3.48. The van der Waals surface area contributed by atoms with E-state index in [-0.39, 0.29) is 12.2 Å². The van der Waals surface area contributed by atoms with Crippen molar-refractivity contribution in [3.05, 3.63) is 94.3 Å². The summed E-state index contributed by atoms with van der Waals surface area (Å²) in [6, 6.07) is 13.7. The molecular formula is C20H16N4O3. The summed E-state index contributed by atoms with van der Waals surface area (Å²) in [6.07, 6.45) is 5.23. The summed E-state index contributed by atoms with van der Waals surface area (Å²) in [5.41, 5.74) is 2.94. The van der Waals surface area contributed by atoms with Crippen LogP contribution in [0.15, 0.2) is 71.9 Å². The van der Waals surface area contributed by atoms with Crippen LogP contribution in [0.3, 0.4) is 0 Å². The van der Waals surface area contributed by atoms with E-state index in [1.54, 1.807) is 47.4 Å². The van der Waals surface area contributed by atoms with Crippen LogP contribution in [0.2, 0.25) is 0 Å². The predicted octanol–water partition coefficient (Wildman–Crippen LogP) is 2.55. The minimum absolute atomic E-state index is 0.0701. The Hall–Kier alpha value is -3.74. The molecule has 4 rings (SSSR count). The predicted molar refractivity (Wildman–Crippen MR) is 98.9 cm³/mol. The highest BCUT2D eigenvalue weighted by Crippen LogP contribution is 2.11. The van der Waals surface area contributed by atoms with Gasteiger partial charge in [-0.15, -0.1) is 0 Å². The maximum atomic E-state index is 12.3. The molecule has 7 nitrogen and oxygen atoms in total. The third-order valence-electron chi connectivity index (χ3n) is 4.08. The molecule has 0 atom stereocenters. The number of hydrogen-bond donors (Lipinski definition) is 0. The normalized spacial score (nSPS) is 10.9. The molecule has 0 amide bonds. The second-order valence-corrected chi connectivity index (χ2v) is 6.09. The summed E-state index contributed by atoms with van der Waals surface area (Å²) in [6.45, 7) is 1.83. The van der Waals surface area contributed by atoms with E-state index < -0.39 is 5.97 Å². The molecule has 0 N–H and O–H groups in total. The van der Waals surface area contributed by atoms with Gasteiger partial charge in [0.1, 0.15) is 12.3 Å². The lowest BCUT2D eigenvalue weighted by Crippen LogP contribution is -2.17. The summed E-state index contributed by atoms with van der Waals surface area (Å²) in [4.78, 5) is 28.8. The van der Waals surface area contributed by atoms with Gasteiger partial charge in [-0.2, -0.15) is 5.10 Å². The highest BCUT2D eigenvalue weighted by molar-refractivity contribution is 5.89. The first-order valence-corrected chi connectivity index (χ1v) is 8.36. The molecule has 27 heavy (non-hydrogen) atoms. The molecule has 7 heteroatoms. The van der Waals surface area contributed by atoms with E-state index in [0.717, 1.165) is 11.3 Å². The van der Waals surface area contributed by atoms with Crippen LogP contribution in [0, 0.1) is 6.92 Å². The van der Waals surface area contributed by atoms with Gasteiger partial charge in [0, 0.05) is 24.7 Å². The molecule has 0 aliphatic rings. The van der Waals surface area contributed by atoms with Crippen LogP contribution in [-0.4, -0.2) is 25.1 Å². The summed E-state index contributed by atoms with van der Waals surface area (Å²) in [5.74, 6) is -0.479. The molecule has 0 unspecified atom stereocenters. The van der Waals surface area contributed by atoms with Gasteiger partial charge in [-0.05, 0) is 48.9 Å².